The second-order valence-corrected chi connectivity index (χ2v) is 6.35. The molecular formula is C15H20F3N3O3. The quantitative estimate of drug-likeness (QED) is 0.823. The van der Waals surface area contributed by atoms with Crippen LogP contribution >= 0.6 is 0 Å². The summed E-state index contributed by atoms with van der Waals surface area (Å²) in [5, 5.41) is 0. The number of hydrogen-bond donors (Lipinski definition) is 0. The molecule has 0 radical (unpaired) electrons. The molecule has 1 aliphatic heterocycles. The number of alkyl halides is 3. The van der Waals surface area contributed by atoms with Crippen molar-refractivity contribution in [1.29, 1.82) is 0 Å². The maximum Gasteiger partial charge on any atom is 0.573 e. The van der Waals surface area contributed by atoms with E-state index in [-0.39, 0.29) is 11.8 Å². The number of carbonyl (C=O) groups excluding carboxylic acids is 1. The normalized spacial score (nSPS) is 16.1. The average molecular weight is 347 g/mol. The number of nitrogens with zero attached hydrogens (tertiary/aromatic N) is 3. The number of amides is 1. The fraction of sp³-hybridized carbons (Fsp3) is 0.600. The highest BCUT2D eigenvalue weighted by atomic mass is 19.4. The molecule has 0 spiro atoms. The number of ether oxygens (including phenoxy) is 2. The minimum Gasteiger partial charge on any atom is -0.444 e. The van der Waals surface area contributed by atoms with Crippen molar-refractivity contribution in [3.8, 4) is 5.75 Å². The predicted molar refractivity (Wildman–Crippen MR) is 80.9 cm³/mol. The van der Waals surface area contributed by atoms with Gasteiger partial charge in [-0.3, -0.25) is 0 Å². The summed E-state index contributed by atoms with van der Waals surface area (Å²) in [5.74, 6) is 0.173. The minimum atomic E-state index is -4.73. The molecule has 1 fully saturated rings. The van der Waals surface area contributed by atoms with Crippen LogP contribution in [0.3, 0.4) is 0 Å². The largest absolute Gasteiger partial charge is 0.573 e. The summed E-state index contributed by atoms with van der Waals surface area (Å²) in [7, 11) is 0. The van der Waals surface area contributed by atoms with Gasteiger partial charge in [0.25, 0.3) is 0 Å². The van der Waals surface area contributed by atoms with E-state index < -0.39 is 12.0 Å². The van der Waals surface area contributed by atoms with E-state index in [2.05, 4.69) is 9.72 Å². The average Bonchev–Trinajstić information content (AvgIpc) is 2.45. The number of piperazine rings is 1. The van der Waals surface area contributed by atoms with Crippen molar-refractivity contribution in [2.45, 2.75) is 32.7 Å². The van der Waals surface area contributed by atoms with Crippen molar-refractivity contribution in [3.05, 3.63) is 18.3 Å². The van der Waals surface area contributed by atoms with Crippen LogP contribution in [0.1, 0.15) is 20.8 Å². The van der Waals surface area contributed by atoms with Crippen LogP contribution in [-0.2, 0) is 4.74 Å². The van der Waals surface area contributed by atoms with Crippen LogP contribution in [-0.4, -0.2) is 54.1 Å². The lowest BCUT2D eigenvalue weighted by Crippen LogP contribution is -2.50. The maximum atomic E-state index is 12.1. The highest BCUT2D eigenvalue weighted by molar-refractivity contribution is 5.68. The highest BCUT2D eigenvalue weighted by Crippen LogP contribution is 2.24. The Hall–Kier alpha value is -2.19. The van der Waals surface area contributed by atoms with E-state index in [0.29, 0.717) is 32.0 Å². The van der Waals surface area contributed by atoms with Gasteiger partial charge in [-0.05, 0) is 32.9 Å². The predicted octanol–water partition coefficient (Wildman–Crippen LogP) is 3.04. The van der Waals surface area contributed by atoms with Gasteiger partial charge in [-0.2, -0.15) is 0 Å². The van der Waals surface area contributed by atoms with Gasteiger partial charge in [0, 0.05) is 26.2 Å². The zero-order valence-electron chi connectivity index (χ0n) is 13.8. The first-order valence-electron chi connectivity index (χ1n) is 7.48. The number of pyridine rings is 1. The Bertz CT molecular complexity index is 562. The summed E-state index contributed by atoms with van der Waals surface area (Å²) in [5.41, 5.74) is -0.552. The first-order chi connectivity index (χ1) is 11.0. The van der Waals surface area contributed by atoms with Crippen LogP contribution in [0.25, 0.3) is 0 Å². The third-order valence-corrected chi connectivity index (χ3v) is 3.21. The van der Waals surface area contributed by atoms with Crippen LogP contribution in [0, 0.1) is 0 Å². The van der Waals surface area contributed by atoms with E-state index in [4.69, 9.17) is 4.74 Å². The van der Waals surface area contributed by atoms with Crippen LogP contribution in [0.5, 0.6) is 5.75 Å². The van der Waals surface area contributed by atoms with Crippen LogP contribution in [0.15, 0.2) is 18.3 Å². The Morgan fingerprint density at radius 2 is 1.75 bits per heavy atom. The van der Waals surface area contributed by atoms with Crippen LogP contribution in [0.2, 0.25) is 0 Å². The maximum absolute atomic E-state index is 12.1. The van der Waals surface area contributed by atoms with Crippen molar-refractivity contribution in [1.82, 2.24) is 9.88 Å². The molecule has 6 nitrogen and oxygen atoms in total. The Kier molecular flexibility index (Phi) is 5.10. The molecular weight excluding hydrogens is 327 g/mol. The van der Waals surface area contributed by atoms with Crippen molar-refractivity contribution in [3.63, 3.8) is 0 Å². The van der Waals surface area contributed by atoms with Crippen molar-refractivity contribution < 1.29 is 27.4 Å². The molecule has 0 unspecified atom stereocenters. The molecule has 1 saturated heterocycles. The molecule has 134 valence electrons. The van der Waals surface area contributed by atoms with Crippen LogP contribution < -0.4 is 9.64 Å². The molecule has 9 heteroatoms. The van der Waals surface area contributed by atoms with Gasteiger partial charge in [-0.1, -0.05) is 0 Å². The Labute approximate surface area is 138 Å². The van der Waals surface area contributed by atoms with E-state index in [0.717, 1.165) is 6.20 Å². The fourth-order valence-corrected chi connectivity index (χ4v) is 2.20. The molecule has 1 aromatic rings. The van der Waals surface area contributed by atoms with E-state index in [1.807, 2.05) is 4.90 Å². The van der Waals surface area contributed by atoms with Crippen molar-refractivity contribution in [2.75, 3.05) is 31.1 Å². The SMILES string of the molecule is CC(C)(C)OC(=O)N1CCN(c2ccc(OC(F)(F)F)cn2)CC1. The van der Waals surface area contributed by atoms with Gasteiger partial charge < -0.3 is 19.3 Å². The van der Waals surface area contributed by atoms with Crippen molar-refractivity contribution >= 4 is 11.9 Å². The Balaban J connectivity index is 1.89. The van der Waals surface area contributed by atoms with E-state index >= 15 is 0 Å². The lowest BCUT2D eigenvalue weighted by atomic mass is 10.2. The topological polar surface area (TPSA) is 54.9 Å². The van der Waals surface area contributed by atoms with Gasteiger partial charge in [0.2, 0.25) is 0 Å². The number of halogens is 3. The number of rotatable bonds is 2. The van der Waals surface area contributed by atoms with Gasteiger partial charge in [0.1, 0.15) is 17.2 Å². The third kappa shape index (κ3) is 5.47. The summed E-state index contributed by atoms with van der Waals surface area (Å²) in [6.07, 6.45) is -4.07. The molecule has 24 heavy (non-hydrogen) atoms. The molecule has 1 amide bonds. The standard InChI is InChI=1S/C15H20F3N3O3/c1-14(2,3)24-13(22)21-8-6-20(7-9-21)12-5-4-11(10-19-12)23-15(16,17)18/h4-5,10H,6-9H2,1-3H3. The summed E-state index contributed by atoms with van der Waals surface area (Å²) >= 11 is 0. The molecule has 2 heterocycles. The van der Waals surface area contributed by atoms with Gasteiger partial charge in [0.15, 0.2) is 0 Å². The number of carbonyl (C=O) groups is 1. The van der Waals surface area contributed by atoms with Crippen LogP contribution in [0.4, 0.5) is 23.8 Å². The summed E-state index contributed by atoms with van der Waals surface area (Å²) in [4.78, 5) is 19.5. The van der Waals surface area contributed by atoms with Gasteiger partial charge in [-0.15, -0.1) is 13.2 Å². The minimum absolute atomic E-state index is 0.362. The number of anilines is 1. The fourth-order valence-electron chi connectivity index (χ4n) is 2.20. The first-order valence-corrected chi connectivity index (χ1v) is 7.48. The Morgan fingerprint density at radius 1 is 1.12 bits per heavy atom. The monoisotopic (exact) mass is 347 g/mol. The van der Waals surface area contributed by atoms with Crippen molar-refractivity contribution in [2.24, 2.45) is 0 Å². The number of aromatic nitrogens is 1. The molecule has 0 aromatic carbocycles. The zero-order chi connectivity index (χ0) is 18.0. The first kappa shape index (κ1) is 18.2. The zero-order valence-corrected chi connectivity index (χ0v) is 13.8. The lowest BCUT2D eigenvalue weighted by molar-refractivity contribution is -0.274. The third-order valence-electron chi connectivity index (χ3n) is 3.21. The van der Waals surface area contributed by atoms with E-state index in [1.165, 1.54) is 12.1 Å². The smallest absolute Gasteiger partial charge is 0.444 e. The molecule has 0 N–H and O–H groups in total. The summed E-state index contributed by atoms with van der Waals surface area (Å²) < 4.78 is 45.5. The van der Waals surface area contributed by atoms with E-state index in [9.17, 15) is 18.0 Å². The molecule has 1 aliphatic rings. The molecule has 0 atom stereocenters. The van der Waals surface area contributed by atoms with Gasteiger partial charge >= 0.3 is 12.5 Å². The Morgan fingerprint density at radius 3 is 2.21 bits per heavy atom. The highest BCUT2D eigenvalue weighted by Gasteiger charge is 2.31. The summed E-state index contributed by atoms with van der Waals surface area (Å²) in [6.45, 7) is 7.35. The van der Waals surface area contributed by atoms with Gasteiger partial charge in [-0.25, -0.2) is 9.78 Å². The lowest BCUT2D eigenvalue weighted by Gasteiger charge is -2.36. The molecule has 2 rings (SSSR count). The van der Waals surface area contributed by atoms with E-state index in [1.54, 1.807) is 25.7 Å². The van der Waals surface area contributed by atoms with Gasteiger partial charge in [0.05, 0.1) is 6.20 Å². The molecule has 1 aromatic heterocycles. The second kappa shape index (κ2) is 6.74. The molecule has 0 saturated carbocycles. The molecule has 0 bridgehead atoms. The number of hydrogen-bond acceptors (Lipinski definition) is 5. The molecule has 0 aliphatic carbocycles. The summed E-state index contributed by atoms with van der Waals surface area (Å²) in [6, 6.07) is 2.68. The second-order valence-electron chi connectivity index (χ2n) is 6.35.